The van der Waals surface area contributed by atoms with Gasteiger partial charge in [-0.2, -0.15) is 9.65 Å². The van der Waals surface area contributed by atoms with Gasteiger partial charge in [-0.15, -0.1) is 0 Å². The number of halogens is 2. The van der Waals surface area contributed by atoms with Gasteiger partial charge in [0, 0.05) is 0 Å². The van der Waals surface area contributed by atoms with E-state index in [0.29, 0.717) is 0 Å². The second-order valence-electron chi connectivity index (χ2n) is 6.20. The van der Waals surface area contributed by atoms with Gasteiger partial charge in [-0.25, -0.2) is 4.39 Å². The minimum absolute atomic E-state index is 0.0333. The Bertz CT molecular complexity index is 576. The lowest BCUT2D eigenvalue weighted by Crippen LogP contribution is -2.43. The maximum absolute atomic E-state index is 13.4. The Labute approximate surface area is 129 Å². The zero-order valence-corrected chi connectivity index (χ0v) is 13.1. The Morgan fingerprint density at radius 1 is 1.41 bits per heavy atom. The van der Waals surface area contributed by atoms with Crippen molar-refractivity contribution in [3.8, 4) is 11.8 Å². The average molecular weight is 310 g/mol. The highest BCUT2D eigenvalue weighted by atomic mass is 19.2. The van der Waals surface area contributed by atoms with Crippen molar-refractivity contribution < 1.29 is 18.3 Å². The van der Waals surface area contributed by atoms with Crippen molar-refractivity contribution in [2.45, 2.75) is 33.7 Å². The summed E-state index contributed by atoms with van der Waals surface area (Å²) in [7, 11) is 0. The smallest absolute Gasteiger partial charge is 0.238 e. The fourth-order valence-corrected chi connectivity index (χ4v) is 1.82. The van der Waals surface area contributed by atoms with Crippen LogP contribution in [0.5, 0.6) is 5.75 Å². The van der Waals surface area contributed by atoms with Gasteiger partial charge in [0.15, 0.2) is 11.6 Å². The maximum atomic E-state index is 13.4. The molecule has 0 bridgehead atoms. The standard InChI is InChI=1S/C16H20F2N2O2/c1-10(20-15(21)11(8-19)16(2,3)4)9-22-13-7-5-6-12(17)14(13)18/h5-7,10-11H,9H2,1-4H3,(H,20,21)/t10-,11-/m1/s1. The molecule has 120 valence electrons. The summed E-state index contributed by atoms with van der Waals surface area (Å²) in [4.78, 5) is 12.0. The molecular formula is C16H20F2N2O2. The molecular weight excluding hydrogens is 290 g/mol. The van der Waals surface area contributed by atoms with Gasteiger partial charge in [-0.05, 0) is 24.5 Å². The Balaban J connectivity index is 2.60. The molecule has 0 radical (unpaired) electrons. The molecule has 4 nitrogen and oxygen atoms in total. The Morgan fingerprint density at radius 3 is 2.59 bits per heavy atom. The average Bonchev–Trinajstić information content (AvgIpc) is 2.39. The molecule has 0 aromatic heterocycles. The second-order valence-corrected chi connectivity index (χ2v) is 6.20. The van der Waals surface area contributed by atoms with Crippen LogP contribution in [0, 0.1) is 34.3 Å². The monoisotopic (exact) mass is 310 g/mol. The molecule has 0 aliphatic rings. The number of nitrogens with one attached hydrogen (secondary N) is 1. The summed E-state index contributed by atoms with van der Waals surface area (Å²) in [6.07, 6.45) is 0. The van der Waals surface area contributed by atoms with Crippen LogP contribution in [0.4, 0.5) is 8.78 Å². The molecule has 2 atom stereocenters. The van der Waals surface area contributed by atoms with Gasteiger partial charge < -0.3 is 10.1 Å². The van der Waals surface area contributed by atoms with Crippen LogP contribution in [-0.2, 0) is 4.79 Å². The topological polar surface area (TPSA) is 62.1 Å². The molecule has 1 amide bonds. The summed E-state index contributed by atoms with van der Waals surface area (Å²) < 4.78 is 31.6. The van der Waals surface area contributed by atoms with Crippen molar-refractivity contribution in [1.82, 2.24) is 5.32 Å². The third kappa shape index (κ3) is 4.69. The molecule has 1 rings (SSSR count). The highest BCUT2D eigenvalue weighted by Crippen LogP contribution is 2.25. The molecule has 0 spiro atoms. The highest BCUT2D eigenvalue weighted by molar-refractivity contribution is 5.82. The molecule has 0 saturated carbocycles. The minimum atomic E-state index is -1.06. The number of rotatable bonds is 5. The third-order valence-electron chi connectivity index (χ3n) is 3.05. The van der Waals surface area contributed by atoms with Gasteiger partial charge in [0.2, 0.25) is 11.7 Å². The normalized spacial score (nSPS) is 13.9. The van der Waals surface area contributed by atoms with Crippen LogP contribution in [0.2, 0.25) is 0 Å². The number of carbonyl (C=O) groups is 1. The lowest BCUT2D eigenvalue weighted by Gasteiger charge is -2.25. The first-order valence-electron chi connectivity index (χ1n) is 6.93. The highest BCUT2D eigenvalue weighted by Gasteiger charge is 2.31. The summed E-state index contributed by atoms with van der Waals surface area (Å²) in [5.74, 6) is -3.49. The molecule has 0 aliphatic heterocycles. The second kappa shape index (κ2) is 7.21. The maximum Gasteiger partial charge on any atom is 0.238 e. The summed E-state index contributed by atoms with van der Waals surface area (Å²) in [6, 6.07) is 5.16. The van der Waals surface area contributed by atoms with Gasteiger partial charge in [0.1, 0.15) is 12.5 Å². The zero-order chi connectivity index (χ0) is 16.9. The van der Waals surface area contributed by atoms with Crippen LogP contribution < -0.4 is 10.1 Å². The quantitative estimate of drug-likeness (QED) is 0.909. The van der Waals surface area contributed by atoms with Crippen molar-refractivity contribution in [2.75, 3.05) is 6.61 Å². The Hall–Kier alpha value is -2.16. The number of amides is 1. The summed E-state index contributed by atoms with van der Waals surface area (Å²) >= 11 is 0. The van der Waals surface area contributed by atoms with Gasteiger partial charge in [0.05, 0.1) is 12.1 Å². The number of ether oxygens (including phenoxy) is 1. The van der Waals surface area contributed by atoms with Crippen LogP contribution in [0.3, 0.4) is 0 Å². The van der Waals surface area contributed by atoms with E-state index in [9.17, 15) is 13.6 Å². The van der Waals surface area contributed by atoms with E-state index in [1.807, 2.05) is 6.07 Å². The molecule has 1 aromatic carbocycles. The van der Waals surface area contributed by atoms with Crippen molar-refractivity contribution in [3.05, 3.63) is 29.8 Å². The summed E-state index contributed by atoms with van der Waals surface area (Å²) in [5.41, 5.74) is -0.492. The minimum Gasteiger partial charge on any atom is -0.488 e. The van der Waals surface area contributed by atoms with Gasteiger partial charge >= 0.3 is 0 Å². The van der Waals surface area contributed by atoms with E-state index in [1.54, 1.807) is 27.7 Å². The number of hydrogen-bond donors (Lipinski definition) is 1. The van der Waals surface area contributed by atoms with Crippen LogP contribution in [0.1, 0.15) is 27.7 Å². The summed E-state index contributed by atoms with van der Waals surface area (Å²) in [5, 5.41) is 11.7. The number of nitrogens with zero attached hydrogens (tertiary/aromatic N) is 1. The molecule has 0 saturated heterocycles. The van der Waals surface area contributed by atoms with Gasteiger partial charge in [0.25, 0.3) is 0 Å². The molecule has 0 unspecified atom stereocenters. The predicted molar refractivity (Wildman–Crippen MR) is 78.0 cm³/mol. The first kappa shape index (κ1) is 17.9. The predicted octanol–water partition coefficient (Wildman–Crippen LogP) is 3.03. The van der Waals surface area contributed by atoms with Crippen LogP contribution in [-0.4, -0.2) is 18.6 Å². The van der Waals surface area contributed by atoms with Crippen LogP contribution in [0.25, 0.3) is 0 Å². The van der Waals surface area contributed by atoms with Crippen molar-refractivity contribution >= 4 is 5.91 Å². The van der Waals surface area contributed by atoms with E-state index < -0.39 is 34.9 Å². The first-order valence-corrected chi connectivity index (χ1v) is 6.93. The van der Waals surface area contributed by atoms with E-state index in [1.165, 1.54) is 12.1 Å². The van der Waals surface area contributed by atoms with E-state index in [4.69, 9.17) is 10.00 Å². The number of nitriles is 1. The fourth-order valence-electron chi connectivity index (χ4n) is 1.82. The van der Waals surface area contributed by atoms with Gasteiger partial charge in [-0.1, -0.05) is 26.8 Å². The molecule has 0 fully saturated rings. The molecule has 0 heterocycles. The lowest BCUT2D eigenvalue weighted by molar-refractivity contribution is -0.126. The largest absolute Gasteiger partial charge is 0.488 e. The van der Waals surface area contributed by atoms with Crippen molar-refractivity contribution in [2.24, 2.45) is 11.3 Å². The molecule has 22 heavy (non-hydrogen) atoms. The molecule has 6 heteroatoms. The molecule has 1 aromatic rings. The number of hydrogen-bond acceptors (Lipinski definition) is 3. The van der Waals surface area contributed by atoms with Crippen LogP contribution >= 0.6 is 0 Å². The molecule has 1 N–H and O–H groups in total. The Morgan fingerprint density at radius 2 is 2.05 bits per heavy atom. The van der Waals surface area contributed by atoms with Crippen LogP contribution in [0.15, 0.2) is 18.2 Å². The number of carbonyl (C=O) groups excluding carboxylic acids is 1. The van der Waals surface area contributed by atoms with Crippen molar-refractivity contribution in [1.29, 1.82) is 5.26 Å². The first-order chi connectivity index (χ1) is 10.2. The Kier molecular flexibility index (Phi) is 5.86. The zero-order valence-electron chi connectivity index (χ0n) is 13.1. The lowest BCUT2D eigenvalue weighted by atomic mass is 9.81. The van der Waals surface area contributed by atoms with Gasteiger partial charge in [-0.3, -0.25) is 4.79 Å². The van der Waals surface area contributed by atoms with E-state index in [0.717, 1.165) is 6.07 Å². The SMILES string of the molecule is C[C@H](COc1cccc(F)c1F)NC(=O)[C@@H](C#N)C(C)(C)C. The van der Waals surface area contributed by atoms with E-state index >= 15 is 0 Å². The van der Waals surface area contributed by atoms with E-state index in [-0.39, 0.29) is 12.4 Å². The summed E-state index contributed by atoms with van der Waals surface area (Å²) in [6.45, 7) is 7.01. The van der Waals surface area contributed by atoms with E-state index in [2.05, 4.69) is 5.32 Å². The van der Waals surface area contributed by atoms with Crippen molar-refractivity contribution in [3.63, 3.8) is 0 Å². The number of benzene rings is 1. The fraction of sp³-hybridized carbons (Fsp3) is 0.500. The third-order valence-corrected chi connectivity index (χ3v) is 3.05. The molecule has 0 aliphatic carbocycles.